The van der Waals surface area contributed by atoms with Gasteiger partial charge in [0, 0.05) is 0 Å². The number of H-pyrrole nitrogens is 1. The van der Waals surface area contributed by atoms with E-state index in [-0.39, 0.29) is 0 Å². The number of rotatable bonds is 6. The predicted octanol–water partition coefficient (Wildman–Crippen LogP) is 3.46. The second kappa shape index (κ2) is 9.23. The molecule has 0 fully saturated rings. The van der Waals surface area contributed by atoms with E-state index >= 15 is 0 Å². The third-order valence-electron chi connectivity index (χ3n) is 4.75. The van der Waals surface area contributed by atoms with Crippen LogP contribution in [0.5, 0.6) is 5.75 Å². The Kier molecular flexibility index (Phi) is 6.68. The fraction of sp³-hybridized carbons (Fsp3) is 0.300. The number of ether oxygens (including phenoxy) is 1. The quantitative estimate of drug-likeness (QED) is 0.398. The van der Waals surface area contributed by atoms with Crippen LogP contribution in [0.3, 0.4) is 0 Å². The van der Waals surface area contributed by atoms with Crippen molar-refractivity contribution in [3.8, 4) is 16.5 Å². The fourth-order valence-corrected chi connectivity index (χ4v) is 3.79. The van der Waals surface area contributed by atoms with Crippen LogP contribution in [0.2, 0.25) is 0 Å². The summed E-state index contributed by atoms with van der Waals surface area (Å²) in [6, 6.07) is 8.74. The SMILES string of the molecule is Cc1cccc(OC(C)C(=O)NNC(=O)C(C)n2c(-c3cccs3)n[nH]c2=S)c1C. The molecular weight excluding hydrogens is 422 g/mol. The van der Waals surface area contributed by atoms with Crippen molar-refractivity contribution in [1.82, 2.24) is 25.6 Å². The topological polar surface area (TPSA) is 101 Å². The Labute approximate surface area is 183 Å². The molecule has 8 nitrogen and oxygen atoms in total. The molecule has 0 aliphatic rings. The number of aryl methyl sites for hydroxylation is 1. The van der Waals surface area contributed by atoms with Crippen molar-refractivity contribution in [3.63, 3.8) is 0 Å². The molecule has 158 valence electrons. The van der Waals surface area contributed by atoms with E-state index in [1.807, 2.05) is 43.5 Å². The highest BCUT2D eigenvalue weighted by molar-refractivity contribution is 7.71. The molecule has 0 aliphatic heterocycles. The Morgan fingerprint density at radius 2 is 1.90 bits per heavy atom. The number of nitrogens with zero attached hydrogens (tertiary/aromatic N) is 2. The van der Waals surface area contributed by atoms with Crippen molar-refractivity contribution in [3.05, 3.63) is 51.6 Å². The summed E-state index contributed by atoms with van der Waals surface area (Å²) in [4.78, 5) is 25.9. The molecule has 2 unspecified atom stereocenters. The molecule has 0 saturated heterocycles. The van der Waals surface area contributed by atoms with Gasteiger partial charge in [-0.15, -0.1) is 11.3 Å². The fourth-order valence-electron chi connectivity index (χ4n) is 2.79. The minimum atomic E-state index is -0.793. The molecule has 0 bridgehead atoms. The van der Waals surface area contributed by atoms with Gasteiger partial charge in [0.15, 0.2) is 16.7 Å². The summed E-state index contributed by atoms with van der Waals surface area (Å²) in [7, 11) is 0. The monoisotopic (exact) mass is 445 g/mol. The highest BCUT2D eigenvalue weighted by atomic mass is 32.1. The molecule has 2 aromatic heterocycles. The number of aromatic amines is 1. The van der Waals surface area contributed by atoms with Crippen molar-refractivity contribution in [2.45, 2.75) is 39.8 Å². The van der Waals surface area contributed by atoms with Crippen LogP contribution in [0, 0.1) is 18.6 Å². The van der Waals surface area contributed by atoms with Gasteiger partial charge < -0.3 is 4.74 Å². The van der Waals surface area contributed by atoms with Gasteiger partial charge in [0.05, 0.1) is 4.88 Å². The number of thiophene rings is 1. The summed E-state index contributed by atoms with van der Waals surface area (Å²) in [5.41, 5.74) is 6.89. The number of hydrazine groups is 1. The number of benzene rings is 1. The lowest BCUT2D eigenvalue weighted by molar-refractivity contribution is -0.133. The molecule has 0 spiro atoms. The standard InChI is InChI=1S/C20H23N5O3S2/c1-11-7-5-8-15(12(11)2)28-14(4)19(27)23-22-18(26)13(3)25-17(21-24-20(25)29)16-9-6-10-30-16/h5-10,13-14H,1-4H3,(H,22,26)(H,23,27)(H,24,29). The lowest BCUT2D eigenvalue weighted by Gasteiger charge is -2.19. The first kappa shape index (κ1) is 21.7. The smallest absolute Gasteiger partial charge is 0.279 e. The molecule has 3 rings (SSSR count). The number of carbonyl (C=O) groups is 2. The molecule has 1 aromatic carbocycles. The van der Waals surface area contributed by atoms with Gasteiger partial charge in [-0.05, 0) is 68.6 Å². The molecule has 0 radical (unpaired) electrons. The Hall–Kier alpha value is -2.98. The average Bonchev–Trinajstić information content (AvgIpc) is 3.38. The van der Waals surface area contributed by atoms with Crippen LogP contribution in [0.1, 0.15) is 31.0 Å². The van der Waals surface area contributed by atoms with Gasteiger partial charge in [-0.2, -0.15) is 5.10 Å². The van der Waals surface area contributed by atoms with Crippen molar-refractivity contribution in [2.24, 2.45) is 0 Å². The van der Waals surface area contributed by atoms with E-state index in [2.05, 4.69) is 21.0 Å². The van der Waals surface area contributed by atoms with Gasteiger partial charge in [-0.1, -0.05) is 18.2 Å². The minimum Gasteiger partial charge on any atom is -0.481 e. The molecule has 0 saturated carbocycles. The second-order valence-corrected chi connectivity index (χ2v) is 8.15. The van der Waals surface area contributed by atoms with E-state index < -0.39 is 24.0 Å². The van der Waals surface area contributed by atoms with Crippen molar-refractivity contribution in [2.75, 3.05) is 0 Å². The van der Waals surface area contributed by atoms with E-state index in [0.29, 0.717) is 16.3 Å². The third-order valence-corrected chi connectivity index (χ3v) is 5.90. The third kappa shape index (κ3) is 4.60. The minimum absolute atomic E-state index is 0.319. The normalized spacial score (nSPS) is 12.8. The summed E-state index contributed by atoms with van der Waals surface area (Å²) >= 11 is 6.77. The zero-order chi connectivity index (χ0) is 21.8. The van der Waals surface area contributed by atoms with Gasteiger partial charge in [0.2, 0.25) is 0 Å². The highest BCUT2D eigenvalue weighted by Gasteiger charge is 2.23. The molecule has 2 atom stereocenters. The molecule has 3 aromatic rings. The first-order chi connectivity index (χ1) is 14.3. The van der Waals surface area contributed by atoms with Crippen molar-refractivity contribution >= 4 is 35.4 Å². The molecule has 30 heavy (non-hydrogen) atoms. The Balaban J connectivity index is 1.63. The van der Waals surface area contributed by atoms with Crippen LogP contribution in [-0.4, -0.2) is 32.7 Å². The van der Waals surface area contributed by atoms with Crippen molar-refractivity contribution < 1.29 is 14.3 Å². The Bertz CT molecular complexity index is 1100. The Morgan fingerprint density at radius 3 is 2.60 bits per heavy atom. The largest absolute Gasteiger partial charge is 0.481 e. The van der Waals surface area contributed by atoms with Gasteiger partial charge in [-0.25, -0.2) is 0 Å². The molecule has 0 aliphatic carbocycles. The van der Waals surface area contributed by atoms with E-state index in [0.717, 1.165) is 16.0 Å². The molecule has 2 amide bonds. The zero-order valence-corrected chi connectivity index (χ0v) is 18.7. The number of carbonyl (C=O) groups excluding carboxylic acids is 2. The molecule has 2 heterocycles. The number of amides is 2. The first-order valence-electron chi connectivity index (χ1n) is 9.33. The van der Waals surface area contributed by atoms with E-state index in [4.69, 9.17) is 17.0 Å². The number of nitrogens with one attached hydrogen (secondary N) is 3. The molecular formula is C20H23N5O3S2. The lowest BCUT2D eigenvalue weighted by atomic mass is 10.1. The van der Waals surface area contributed by atoms with Gasteiger partial charge in [-0.3, -0.25) is 30.1 Å². The van der Waals surface area contributed by atoms with Crippen LogP contribution >= 0.6 is 23.6 Å². The summed E-state index contributed by atoms with van der Waals surface area (Å²) in [6.07, 6.45) is -0.793. The zero-order valence-electron chi connectivity index (χ0n) is 17.1. The van der Waals surface area contributed by atoms with Crippen LogP contribution in [0.25, 0.3) is 10.7 Å². The maximum absolute atomic E-state index is 12.6. The van der Waals surface area contributed by atoms with Gasteiger partial charge >= 0.3 is 0 Å². The van der Waals surface area contributed by atoms with Gasteiger partial charge in [0.1, 0.15) is 11.8 Å². The Morgan fingerprint density at radius 1 is 1.17 bits per heavy atom. The molecule has 3 N–H and O–H groups in total. The lowest BCUT2D eigenvalue weighted by Crippen LogP contribution is -2.49. The van der Waals surface area contributed by atoms with Crippen LogP contribution < -0.4 is 15.6 Å². The van der Waals surface area contributed by atoms with E-state index in [1.54, 1.807) is 24.5 Å². The average molecular weight is 446 g/mol. The van der Waals surface area contributed by atoms with Crippen LogP contribution in [-0.2, 0) is 9.59 Å². The number of hydrogen-bond acceptors (Lipinski definition) is 6. The highest BCUT2D eigenvalue weighted by Crippen LogP contribution is 2.25. The van der Waals surface area contributed by atoms with Crippen molar-refractivity contribution in [1.29, 1.82) is 0 Å². The van der Waals surface area contributed by atoms with E-state index in [1.165, 1.54) is 11.3 Å². The summed E-state index contributed by atoms with van der Waals surface area (Å²) in [5.74, 6) is 0.293. The molecule has 10 heteroatoms. The van der Waals surface area contributed by atoms with E-state index in [9.17, 15) is 9.59 Å². The maximum atomic E-state index is 12.6. The maximum Gasteiger partial charge on any atom is 0.279 e. The second-order valence-electron chi connectivity index (χ2n) is 6.81. The first-order valence-corrected chi connectivity index (χ1v) is 10.6. The predicted molar refractivity (Wildman–Crippen MR) is 118 cm³/mol. The summed E-state index contributed by atoms with van der Waals surface area (Å²) < 4.78 is 7.67. The number of hydrogen-bond donors (Lipinski definition) is 3. The van der Waals surface area contributed by atoms with Crippen LogP contribution in [0.4, 0.5) is 0 Å². The van der Waals surface area contributed by atoms with Gasteiger partial charge in [0.25, 0.3) is 11.8 Å². The summed E-state index contributed by atoms with van der Waals surface area (Å²) in [6.45, 7) is 7.20. The van der Waals surface area contributed by atoms with Crippen LogP contribution in [0.15, 0.2) is 35.7 Å². The summed E-state index contributed by atoms with van der Waals surface area (Å²) in [5, 5.41) is 8.85. The number of aromatic nitrogens is 3.